The van der Waals surface area contributed by atoms with Crippen molar-refractivity contribution in [2.75, 3.05) is 19.8 Å². The van der Waals surface area contributed by atoms with Gasteiger partial charge in [-0.1, -0.05) is 24.3 Å². The predicted octanol–water partition coefficient (Wildman–Crippen LogP) is 3.32. The monoisotopic (exact) mass is 341 g/mol. The number of benzene rings is 1. The molecule has 2 heterocycles. The van der Waals surface area contributed by atoms with Crippen molar-refractivity contribution >= 4 is 16.9 Å². The van der Waals surface area contributed by atoms with E-state index in [-0.39, 0.29) is 24.2 Å². The molecular weight excluding hydrogens is 318 g/mol. The van der Waals surface area contributed by atoms with Crippen molar-refractivity contribution in [2.45, 2.75) is 38.0 Å². The zero-order valence-corrected chi connectivity index (χ0v) is 14.4. The molecule has 2 aromatic rings. The number of aryl methyl sites for hydroxylation is 1. The molecule has 1 aromatic carbocycles. The molecule has 0 spiro atoms. The van der Waals surface area contributed by atoms with E-state index < -0.39 is 0 Å². The first-order valence-electron chi connectivity index (χ1n) is 8.84. The van der Waals surface area contributed by atoms with Crippen LogP contribution in [0.1, 0.15) is 29.0 Å². The molecule has 25 heavy (non-hydrogen) atoms. The highest BCUT2D eigenvalue weighted by Gasteiger charge is 2.45. The predicted molar refractivity (Wildman–Crippen MR) is 94.7 cm³/mol. The van der Waals surface area contributed by atoms with Crippen LogP contribution in [0.15, 0.2) is 41.3 Å². The first kappa shape index (κ1) is 16.4. The van der Waals surface area contributed by atoms with Crippen molar-refractivity contribution in [1.82, 2.24) is 4.90 Å². The van der Waals surface area contributed by atoms with Crippen LogP contribution in [0, 0.1) is 6.92 Å². The van der Waals surface area contributed by atoms with Crippen molar-refractivity contribution < 1.29 is 18.7 Å². The molecule has 4 rings (SSSR count). The third-order valence-electron chi connectivity index (χ3n) is 5.26. The molecule has 0 bridgehead atoms. The molecule has 5 heteroatoms. The maximum atomic E-state index is 13.2. The molecule has 2 fully saturated rings. The summed E-state index contributed by atoms with van der Waals surface area (Å²) in [7, 11) is 0. The summed E-state index contributed by atoms with van der Waals surface area (Å²) >= 11 is 0. The molecule has 1 aromatic heterocycles. The first-order chi connectivity index (χ1) is 12.2. The summed E-state index contributed by atoms with van der Waals surface area (Å²) < 4.78 is 17.6. The van der Waals surface area contributed by atoms with Gasteiger partial charge in [-0.2, -0.15) is 0 Å². The van der Waals surface area contributed by atoms with Crippen LogP contribution in [0.4, 0.5) is 0 Å². The van der Waals surface area contributed by atoms with Crippen LogP contribution in [-0.2, 0) is 9.47 Å². The Balaban J connectivity index is 1.59. The van der Waals surface area contributed by atoms with Gasteiger partial charge in [-0.15, -0.1) is 6.58 Å². The second-order valence-electron chi connectivity index (χ2n) is 6.69. The highest BCUT2D eigenvalue weighted by Crippen LogP contribution is 2.34. The van der Waals surface area contributed by atoms with Crippen LogP contribution in [0.3, 0.4) is 0 Å². The number of hydrogen-bond donors (Lipinski definition) is 0. The molecule has 1 saturated heterocycles. The Hall–Kier alpha value is -2.11. The summed E-state index contributed by atoms with van der Waals surface area (Å²) in [6.07, 6.45) is 3.48. The topological polar surface area (TPSA) is 51.9 Å². The third kappa shape index (κ3) is 2.77. The van der Waals surface area contributed by atoms with E-state index in [4.69, 9.17) is 13.9 Å². The van der Waals surface area contributed by atoms with Gasteiger partial charge in [-0.25, -0.2) is 0 Å². The van der Waals surface area contributed by atoms with Gasteiger partial charge in [0.05, 0.1) is 25.4 Å². The quantitative estimate of drug-likeness (QED) is 0.801. The van der Waals surface area contributed by atoms with E-state index in [2.05, 4.69) is 6.58 Å². The van der Waals surface area contributed by atoms with Crippen LogP contribution in [-0.4, -0.2) is 48.8 Å². The lowest BCUT2D eigenvalue weighted by Gasteiger charge is -2.38. The van der Waals surface area contributed by atoms with Gasteiger partial charge in [-0.05, 0) is 25.8 Å². The first-order valence-corrected chi connectivity index (χ1v) is 8.84. The number of carbonyl (C=O) groups excluding carboxylic acids is 1. The number of para-hydroxylation sites is 1. The smallest absolute Gasteiger partial charge is 0.290 e. The van der Waals surface area contributed by atoms with E-state index in [1.165, 1.54) is 0 Å². The lowest BCUT2D eigenvalue weighted by atomic mass is 10.1. The van der Waals surface area contributed by atoms with Gasteiger partial charge in [0.1, 0.15) is 11.7 Å². The molecule has 3 atom stereocenters. The number of carbonyl (C=O) groups is 1. The van der Waals surface area contributed by atoms with Gasteiger partial charge >= 0.3 is 0 Å². The Bertz CT molecular complexity index is 796. The molecule has 2 aliphatic rings. The van der Waals surface area contributed by atoms with Gasteiger partial charge in [0.2, 0.25) is 0 Å². The van der Waals surface area contributed by atoms with E-state index in [1.807, 2.05) is 36.1 Å². The largest absolute Gasteiger partial charge is 0.451 e. The minimum Gasteiger partial charge on any atom is -0.451 e. The Kier molecular flexibility index (Phi) is 4.36. The lowest BCUT2D eigenvalue weighted by Crippen LogP contribution is -2.54. The highest BCUT2D eigenvalue weighted by atomic mass is 16.5. The molecule has 132 valence electrons. The van der Waals surface area contributed by atoms with Crippen LogP contribution < -0.4 is 0 Å². The van der Waals surface area contributed by atoms with Crippen molar-refractivity contribution in [3.8, 4) is 0 Å². The molecular formula is C20H23NO4. The Morgan fingerprint density at radius 1 is 1.40 bits per heavy atom. The van der Waals surface area contributed by atoms with Crippen LogP contribution in [0.5, 0.6) is 0 Å². The number of rotatable bonds is 4. The van der Waals surface area contributed by atoms with E-state index in [0.29, 0.717) is 25.5 Å². The molecule has 1 amide bonds. The van der Waals surface area contributed by atoms with Crippen molar-refractivity contribution in [3.63, 3.8) is 0 Å². The normalized spacial score (nSPS) is 26.0. The highest BCUT2D eigenvalue weighted by molar-refractivity contribution is 5.99. The lowest BCUT2D eigenvalue weighted by molar-refractivity contribution is -0.100. The summed E-state index contributed by atoms with van der Waals surface area (Å²) in [6.45, 7) is 7.27. The van der Waals surface area contributed by atoms with E-state index >= 15 is 0 Å². The number of fused-ring (bicyclic) bond motifs is 2. The van der Waals surface area contributed by atoms with Gasteiger partial charge in [0, 0.05) is 17.5 Å². The van der Waals surface area contributed by atoms with E-state index in [9.17, 15) is 4.79 Å². The minimum atomic E-state index is -0.0673. The van der Waals surface area contributed by atoms with Crippen molar-refractivity contribution in [1.29, 1.82) is 0 Å². The van der Waals surface area contributed by atoms with Crippen LogP contribution in [0.2, 0.25) is 0 Å². The zero-order valence-electron chi connectivity index (χ0n) is 14.4. The number of nitrogens with zero attached hydrogens (tertiary/aromatic N) is 1. The second-order valence-corrected chi connectivity index (χ2v) is 6.69. The van der Waals surface area contributed by atoms with Crippen molar-refractivity contribution in [3.05, 3.63) is 48.2 Å². The van der Waals surface area contributed by atoms with Gasteiger partial charge in [0.15, 0.2) is 5.76 Å². The number of ether oxygens (including phenoxy) is 2. The number of hydrogen-bond acceptors (Lipinski definition) is 4. The molecule has 1 aliphatic carbocycles. The fourth-order valence-electron chi connectivity index (χ4n) is 4.05. The molecule has 0 radical (unpaired) electrons. The SMILES string of the molecule is C=CCO[C@@H]1CC[C@@H]2[C@H]1OCCN2C(=O)c1oc2ccccc2c1C. The average molecular weight is 341 g/mol. The minimum absolute atomic E-state index is 0.0235. The Morgan fingerprint density at radius 3 is 3.04 bits per heavy atom. The molecule has 5 nitrogen and oxygen atoms in total. The Labute approximate surface area is 147 Å². The summed E-state index contributed by atoms with van der Waals surface area (Å²) in [5, 5.41) is 0.995. The zero-order chi connectivity index (χ0) is 17.4. The summed E-state index contributed by atoms with van der Waals surface area (Å²) in [4.78, 5) is 15.1. The summed E-state index contributed by atoms with van der Waals surface area (Å²) in [6, 6.07) is 7.81. The third-order valence-corrected chi connectivity index (χ3v) is 5.26. The van der Waals surface area contributed by atoms with Crippen LogP contribution in [0.25, 0.3) is 11.0 Å². The number of amides is 1. The fourth-order valence-corrected chi connectivity index (χ4v) is 4.05. The Morgan fingerprint density at radius 2 is 2.24 bits per heavy atom. The van der Waals surface area contributed by atoms with Gasteiger partial charge in [-0.3, -0.25) is 4.79 Å². The van der Waals surface area contributed by atoms with E-state index in [0.717, 1.165) is 29.4 Å². The molecule has 0 unspecified atom stereocenters. The van der Waals surface area contributed by atoms with Gasteiger partial charge < -0.3 is 18.8 Å². The maximum Gasteiger partial charge on any atom is 0.290 e. The second kappa shape index (κ2) is 6.65. The standard InChI is InChI=1S/C20H23NO4/c1-3-11-23-17-9-8-15-19(17)24-12-10-21(15)20(22)18-13(2)14-6-4-5-7-16(14)25-18/h3-7,15,17,19H,1,8-12H2,2H3/t15-,17-,19-/m1/s1. The summed E-state index contributed by atoms with van der Waals surface area (Å²) in [5.41, 5.74) is 1.66. The molecule has 0 N–H and O–H groups in total. The summed E-state index contributed by atoms with van der Waals surface area (Å²) in [5.74, 6) is 0.397. The average Bonchev–Trinajstić information content (AvgIpc) is 3.21. The maximum absolute atomic E-state index is 13.2. The molecule has 1 aliphatic heterocycles. The van der Waals surface area contributed by atoms with E-state index in [1.54, 1.807) is 6.08 Å². The van der Waals surface area contributed by atoms with Crippen LogP contribution >= 0.6 is 0 Å². The van der Waals surface area contributed by atoms with Gasteiger partial charge in [0.25, 0.3) is 5.91 Å². The fraction of sp³-hybridized carbons (Fsp3) is 0.450. The number of furan rings is 1. The van der Waals surface area contributed by atoms with Crippen molar-refractivity contribution in [2.24, 2.45) is 0 Å². The molecule has 1 saturated carbocycles. The number of morpholine rings is 1.